The first-order valence-corrected chi connectivity index (χ1v) is 9.07. The fraction of sp³-hybridized carbons (Fsp3) is 0.368. The maximum atomic E-state index is 13.9. The first-order chi connectivity index (χ1) is 11.8. The van der Waals surface area contributed by atoms with E-state index in [9.17, 15) is 9.18 Å². The summed E-state index contributed by atoms with van der Waals surface area (Å²) in [4.78, 5) is 14.6. The number of carbonyl (C=O) groups excluding carboxylic acids is 1. The van der Waals surface area contributed by atoms with Gasteiger partial charge in [0.15, 0.2) is 0 Å². The molecule has 1 aliphatic rings. The molecule has 1 saturated heterocycles. The van der Waals surface area contributed by atoms with Gasteiger partial charge in [-0.05, 0) is 41.6 Å². The lowest BCUT2D eigenvalue weighted by atomic mass is 9.78. The van der Waals surface area contributed by atoms with Crippen molar-refractivity contribution in [2.45, 2.75) is 32.1 Å². The van der Waals surface area contributed by atoms with Gasteiger partial charge in [0.25, 0.3) is 0 Å². The number of benzene rings is 1. The summed E-state index contributed by atoms with van der Waals surface area (Å²) in [5.41, 5.74) is 1.27. The van der Waals surface area contributed by atoms with Gasteiger partial charge in [-0.3, -0.25) is 10.2 Å². The lowest BCUT2D eigenvalue weighted by molar-refractivity contribution is -0.128. The molecule has 0 saturated carbocycles. The van der Waals surface area contributed by atoms with E-state index in [1.165, 1.54) is 17.0 Å². The number of amides is 1. The van der Waals surface area contributed by atoms with Crippen LogP contribution in [0.15, 0.2) is 29.6 Å². The molecular weight excluding hydrogens is 339 g/mol. The summed E-state index contributed by atoms with van der Waals surface area (Å²) in [5, 5.41) is 10.0. The summed E-state index contributed by atoms with van der Waals surface area (Å²) in [7, 11) is 1.64. The molecule has 1 N–H and O–H groups in total. The lowest BCUT2D eigenvalue weighted by Crippen LogP contribution is -2.46. The van der Waals surface area contributed by atoms with Crippen molar-refractivity contribution in [1.29, 1.82) is 5.41 Å². The van der Waals surface area contributed by atoms with Crippen LogP contribution in [0.4, 0.5) is 4.39 Å². The quantitative estimate of drug-likeness (QED) is 0.876. The Labute approximate surface area is 150 Å². The third-order valence-corrected chi connectivity index (χ3v) is 5.82. The summed E-state index contributed by atoms with van der Waals surface area (Å²) in [6, 6.07) is 6.68. The zero-order valence-electron chi connectivity index (χ0n) is 14.6. The van der Waals surface area contributed by atoms with Crippen molar-refractivity contribution in [3.8, 4) is 16.9 Å². The number of hydrogen-bond acceptors (Lipinski definition) is 4. The zero-order valence-corrected chi connectivity index (χ0v) is 15.4. The Morgan fingerprint density at radius 3 is 2.72 bits per heavy atom. The Morgan fingerprint density at radius 1 is 1.28 bits per heavy atom. The van der Waals surface area contributed by atoms with Gasteiger partial charge in [-0.25, -0.2) is 4.39 Å². The minimum absolute atomic E-state index is 0.0434. The number of nitrogens with zero attached hydrogens (tertiary/aromatic N) is 1. The van der Waals surface area contributed by atoms with Gasteiger partial charge in [0, 0.05) is 36.2 Å². The highest BCUT2D eigenvalue weighted by Gasteiger charge is 2.39. The molecule has 132 valence electrons. The number of amidine groups is 1. The van der Waals surface area contributed by atoms with Crippen molar-refractivity contribution in [2.75, 3.05) is 13.7 Å². The predicted molar refractivity (Wildman–Crippen MR) is 98.0 cm³/mol. The minimum atomic E-state index is -0.389. The van der Waals surface area contributed by atoms with Crippen molar-refractivity contribution in [3.63, 3.8) is 0 Å². The van der Waals surface area contributed by atoms with Crippen LogP contribution in [0.3, 0.4) is 0 Å². The van der Waals surface area contributed by atoms with Gasteiger partial charge >= 0.3 is 0 Å². The molecule has 1 atom stereocenters. The van der Waals surface area contributed by atoms with Crippen LogP contribution in [0.1, 0.15) is 31.6 Å². The van der Waals surface area contributed by atoms with Gasteiger partial charge in [0.2, 0.25) is 5.91 Å². The number of ether oxygens (including phenoxy) is 1. The first-order valence-electron chi connectivity index (χ1n) is 8.19. The molecule has 0 radical (unpaired) electrons. The number of rotatable bonds is 4. The second kappa shape index (κ2) is 6.59. The molecule has 0 spiro atoms. The standard InChI is InChI=1S/C19H21FN2O2S/c1-4-24-15-6-12(5-14(20)8-15)13-7-16(25-11-13)19(2)9-17(21)22(3)18(23)10-19/h5-8,11,21H,4,9-10H2,1-3H3/t19-/m0/s1. The van der Waals surface area contributed by atoms with Crippen LogP contribution in [0, 0.1) is 11.2 Å². The van der Waals surface area contributed by atoms with E-state index in [0.29, 0.717) is 31.0 Å². The van der Waals surface area contributed by atoms with E-state index in [2.05, 4.69) is 0 Å². The first kappa shape index (κ1) is 17.6. The zero-order chi connectivity index (χ0) is 18.2. The maximum absolute atomic E-state index is 13.9. The topological polar surface area (TPSA) is 53.4 Å². The monoisotopic (exact) mass is 360 g/mol. The largest absolute Gasteiger partial charge is 0.494 e. The van der Waals surface area contributed by atoms with Crippen LogP contribution in [0.2, 0.25) is 0 Å². The summed E-state index contributed by atoms with van der Waals surface area (Å²) >= 11 is 1.55. The van der Waals surface area contributed by atoms with E-state index in [0.717, 1.165) is 16.0 Å². The number of piperidine rings is 1. The second-order valence-corrected chi connectivity index (χ2v) is 7.53. The molecule has 1 aromatic heterocycles. The van der Waals surface area contributed by atoms with Gasteiger partial charge in [-0.1, -0.05) is 6.92 Å². The highest BCUT2D eigenvalue weighted by atomic mass is 32.1. The van der Waals surface area contributed by atoms with Gasteiger partial charge in [0.05, 0.1) is 6.61 Å². The molecule has 1 aromatic carbocycles. The summed E-state index contributed by atoms with van der Waals surface area (Å²) in [6.07, 6.45) is 0.891. The maximum Gasteiger partial charge on any atom is 0.228 e. The lowest BCUT2D eigenvalue weighted by Gasteiger charge is -2.36. The SMILES string of the molecule is CCOc1cc(F)cc(-c2csc([C@@]3(C)CC(=N)N(C)C(=O)C3)c2)c1. The Hall–Kier alpha value is -2.21. The molecule has 6 heteroatoms. The molecule has 1 amide bonds. The van der Waals surface area contributed by atoms with Gasteiger partial charge in [-0.15, -0.1) is 11.3 Å². The molecule has 3 rings (SSSR count). The third kappa shape index (κ3) is 3.44. The Bertz CT molecular complexity index is 813. The highest BCUT2D eigenvalue weighted by molar-refractivity contribution is 7.10. The van der Waals surface area contributed by atoms with E-state index in [1.807, 2.05) is 31.4 Å². The summed E-state index contributed by atoms with van der Waals surface area (Å²) in [5.74, 6) is 0.458. The molecule has 4 nitrogen and oxygen atoms in total. The molecular formula is C19H21FN2O2S. The fourth-order valence-corrected chi connectivity index (χ4v) is 4.19. The van der Waals surface area contributed by atoms with Crippen LogP contribution in [-0.2, 0) is 10.2 Å². The third-order valence-electron chi connectivity index (χ3n) is 4.59. The molecule has 0 aliphatic carbocycles. The van der Waals surface area contributed by atoms with Crippen LogP contribution in [-0.4, -0.2) is 30.3 Å². The fourth-order valence-electron chi connectivity index (χ4n) is 3.11. The van der Waals surface area contributed by atoms with E-state index in [4.69, 9.17) is 10.1 Å². The van der Waals surface area contributed by atoms with Crippen LogP contribution >= 0.6 is 11.3 Å². The van der Waals surface area contributed by atoms with Gasteiger partial charge < -0.3 is 9.64 Å². The Morgan fingerprint density at radius 2 is 2.04 bits per heavy atom. The highest BCUT2D eigenvalue weighted by Crippen LogP contribution is 2.41. The average molecular weight is 360 g/mol. The molecule has 0 unspecified atom stereocenters. The van der Waals surface area contributed by atoms with E-state index in [-0.39, 0.29) is 17.1 Å². The Kier molecular flexibility index (Phi) is 4.64. The number of nitrogens with one attached hydrogen (secondary N) is 1. The molecule has 2 aromatic rings. The number of halogens is 1. The van der Waals surface area contributed by atoms with Gasteiger partial charge in [-0.2, -0.15) is 0 Å². The molecule has 1 fully saturated rings. The molecule has 0 bridgehead atoms. The van der Waals surface area contributed by atoms with Crippen LogP contribution in [0.25, 0.3) is 11.1 Å². The van der Waals surface area contributed by atoms with E-state index in [1.54, 1.807) is 18.4 Å². The van der Waals surface area contributed by atoms with Crippen molar-refractivity contribution in [2.24, 2.45) is 0 Å². The van der Waals surface area contributed by atoms with Gasteiger partial charge in [0.1, 0.15) is 17.4 Å². The average Bonchev–Trinajstić information content (AvgIpc) is 3.03. The number of carbonyl (C=O) groups is 1. The van der Waals surface area contributed by atoms with Crippen LogP contribution < -0.4 is 4.74 Å². The molecule has 2 heterocycles. The summed E-state index contributed by atoms with van der Waals surface area (Å²) in [6.45, 7) is 4.35. The predicted octanol–water partition coefficient (Wildman–Crippen LogP) is 4.44. The van der Waals surface area contributed by atoms with Crippen LogP contribution in [0.5, 0.6) is 5.75 Å². The number of hydrogen-bond donors (Lipinski definition) is 1. The molecule has 1 aliphatic heterocycles. The number of thiophene rings is 1. The van der Waals surface area contributed by atoms with Crippen molar-refractivity contribution in [1.82, 2.24) is 4.90 Å². The minimum Gasteiger partial charge on any atom is -0.494 e. The smallest absolute Gasteiger partial charge is 0.228 e. The van der Waals surface area contributed by atoms with E-state index < -0.39 is 0 Å². The number of likely N-dealkylation sites (tertiary alicyclic amines) is 1. The van der Waals surface area contributed by atoms with E-state index >= 15 is 0 Å². The van der Waals surface area contributed by atoms with Crippen molar-refractivity contribution < 1.29 is 13.9 Å². The Balaban J connectivity index is 1.93. The van der Waals surface area contributed by atoms with Crippen molar-refractivity contribution >= 4 is 23.1 Å². The normalized spacial score (nSPS) is 20.9. The molecule has 25 heavy (non-hydrogen) atoms. The van der Waals surface area contributed by atoms with Crippen molar-refractivity contribution in [3.05, 3.63) is 40.3 Å². The second-order valence-electron chi connectivity index (χ2n) is 6.62. The summed E-state index contributed by atoms with van der Waals surface area (Å²) < 4.78 is 19.3.